The maximum Gasteiger partial charge on any atom is 0.273 e. The van der Waals surface area contributed by atoms with Crippen molar-refractivity contribution in [3.8, 4) is 10.6 Å². The number of amides is 1. The lowest BCUT2D eigenvalue weighted by Crippen LogP contribution is -2.32. The van der Waals surface area contributed by atoms with E-state index in [1.165, 1.54) is 16.9 Å². The smallest absolute Gasteiger partial charge is 0.273 e. The molecule has 0 spiro atoms. The summed E-state index contributed by atoms with van der Waals surface area (Å²) in [6.45, 7) is 11.0. The van der Waals surface area contributed by atoms with Crippen molar-refractivity contribution < 1.29 is 4.79 Å². The van der Waals surface area contributed by atoms with Crippen molar-refractivity contribution in [1.82, 2.24) is 9.88 Å². The second-order valence-electron chi connectivity index (χ2n) is 5.18. The van der Waals surface area contributed by atoms with Crippen LogP contribution >= 0.6 is 11.3 Å². The first-order valence-electron chi connectivity index (χ1n) is 6.97. The van der Waals surface area contributed by atoms with Gasteiger partial charge in [-0.2, -0.15) is 0 Å². The minimum atomic E-state index is -0.0323. The molecule has 0 atom stereocenters. The fraction of sp³-hybridized carbons (Fsp3) is 0.294. The van der Waals surface area contributed by atoms with E-state index in [9.17, 15) is 4.79 Å². The van der Waals surface area contributed by atoms with Gasteiger partial charge in [0, 0.05) is 24.0 Å². The fourth-order valence-electron chi connectivity index (χ4n) is 2.02. The summed E-state index contributed by atoms with van der Waals surface area (Å²) in [5.41, 5.74) is 3.75. The first kappa shape index (κ1) is 15.4. The van der Waals surface area contributed by atoms with E-state index in [4.69, 9.17) is 0 Å². The summed E-state index contributed by atoms with van der Waals surface area (Å²) in [6.07, 6.45) is 0. The number of hydrogen-bond donors (Lipinski definition) is 0. The maximum atomic E-state index is 12.4. The monoisotopic (exact) mass is 300 g/mol. The second kappa shape index (κ2) is 6.68. The van der Waals surface area contributed by atoms with Crippen LogP contribution in [0.25, 0.3) is 10.6 Å². The molecule has 0 fully saturated rings. The number of nitrogens with zero attached hydrogens (tertiary/aromatic N) is 2. The van der Waals surface area contributed by atoms with Gasteiger partial charge in [0.15, 0.2) is 0 Å². The highest BCUT2D eigenvalue weighted by Crippen LogP contribution is 2.24. The predicted molar refractivity (Wildman–Crippen MR) is 88.7 cm³/mol. The van der Waals surface area contributed by atoms with Gasteiger partial charge in [0.2, 0.25) is 0 Å². The molecule has 4 heteroatoms. The Morgan fingerprint density at radius 2 is 2.00 bits per heavy atom. The van der Waals surface area contributed by atoms with Crippen molar-refractivity contribution in [3.05, 3.63) is 53.1 Å². The number of rotatable bonds is 5. The van der Waals surface area contributed by atoms with E-state index in [2.05, 4.69) is 30.6 Å². The molecule has 0 N–H and O–H groups in total. The van der Waals surface area contributed by atoms with Gasteiger partial charge in [-0.25, -0.2) is 4.98 Å². The van der Waals surface area contributed by atoms with Crippen LogP contribution in [0.1, 0.15) is 29.9 Å². The molecule has 3 nitrogen and oxygen atoms in total. The number of carbonyl (C=O) groups is 1. The predicted octanol–water partition coefficient (Wildman–Crippen LogP) is 4.16. The van der Waals surface area contributed by atoms with Crippen molar-refractivity contribution >= 4 is 17.2 Å². The lowest BCUT2D eigenvalue weighted by Gasteiger charge is -2.19. The quantitative estimate of drug-likeness (QED) is 0.777. The number of hydrogen-bond acceptors (Lipinski definition) is 3. The average molecular weight is 300 g/mol. The van der Waals surface area contributed by atoms with Gasteiger partial charge in [-0.3, -0.25) is 4.79 Å². The SMILES string of the molecule is C=C(C)CN(CC)C(=O)c1csc(-c2ccc(C)cc2)n1. The number of aryl methyl sites for hydroxylation is 1. The molecule has 0 aliphatic rings. The van der Waals surface area contributed by atoms with Crippen molar-refractivity contribution in [2.75, 3.05) is 13.1 Å². The highest BCUT2D eigenvalue weighted by atomic mass is 32.1. The Bertz CT molecular complexity index is 643. The first-order chi connectivity index (χ1) is 10.0. The molecule has 110 valence electrons. The molecule has 0 saturated carbocycles. The number of likely N-dealkylation sites (N-methyl/N-ethyl adjacent to an activating group) is 1. The van der Waals surface area contributed by atoms with Gasteiger partial charge in [-0.15, -0.1) is 11.3 Å². The van der Waals surface area contributed by atoms with Crippen LogP contribution < -0.4 is 0 Å². The van der Waals surface area contributed by atoms with E-state index in [-0.39, 0.29) is 5.91 Å². The molecular formula is C17H20N2OS. The van der Waals surface area contributed by atoms with Gasteiger partial charge in [0.25, 0.3) is 5.91 Å². The van der Waals surface area contributed by atoms with Crippen LogP contribution in [-0.2, 0) is 0 Å². The maximum absolute atomic E-state index is 12.4. The molecule has 0 aliphatic heterocycles. The largest absolute Gasteiger partial charge is 0.334 e. The summed E-state index contributed by atoms with van der Waals surface area (Å²) >= 11 is 1.50. The molecule has 0 aliphatic carbocycles. The average Bonchev–Trinajstić information content (AvgIpc) is 2.94. The van der Waals surface area contributed by atoms with E-state index in [1.807, 2.05) is 31.4 Å². The van der Waals surface area contributed by atoms with Crippen molar-refractivity contribution in [3.63, 3.8) is 0 Å². The Morgan fingerprint density at radius 3 is 2.57 bits per heavy atom. The van der Waals surface area contributed by atoms with Crippen molar-refractivity contribution in [2.45, 2.75) is 20.8 Å². The van der Waals surface area contributed by atoms with Crippen LogP contribution in [0.3, 0.4) is 0 Å². The van der Waals surface area contributed by atoms with Crippen LogP contribution in [0.2, 0.25) is 0 Å². The molecule has 0 unspecified atom stereocenters. The zero-order chi connectivity index (χ0) is 15.4. The lowest BCUT2D eigenvalue weighted by molar-refractivity contribution is 0.0773. The summed E-state index contributed by atoms with van der Waals surface area (Å²) < 4.78 is 0. The fourth-order valence-corrected chi connectivity index (χ4v) is 2.82. The zero-order valence-electron chi connectivity index (χ0n) is 12.7. The van der Waals surface area contributed by atoms with Crippen LogP contribution in [0, 0.1) is 6.92 Å². The van der Waals surface area contributed by atoms with Crippen LogP contribution in [0.4, 0.5) is 0 Å². The Morgan fingerprint density at radius 1 is 1.33 bits per heavy atom. The molecule has 1 aromatic carbocycles. The van der Waals surface area contributed by atoms with Crippen molar-refractivity contribution in [2.24, 2.45) is 0 Å². The van der Waals surface area contributed by atoms with Gasteiger partial charge < -0.3 is 4.90 Å². The lowest BCUT2D eigenvalue weighted by atomic mass is 10.2. The van der Waals surface area contributed by atoms with E-state index in [1.54, 1.807) is 4.90 Å². The van der Waals surface area contributed by atoms with Crippen LogP contribution in [0.5, 0.6) is 0 Å². The third-order valence-electron chi connectivity index (χ3n) is 3.15. The molecule has 1 aromatic heterocycles. The Hall–Kier alpha value is -1.94. The Balaban J connectivity index is 2.20. The van der Waals surface area contributed by atoms with E-state index < -0.39 is 0 Å². The zero-order valence-corrected chi connectivity index (χ0v) is 13.5. The number of thiazole rings is 1. The molecule has 1 heterocycles. The summed E-state index contributed by atoms with van der Waals surface area (Å²) in [5.74, 6) is -0.0323. The summed E-state index contributed by atoms with van der Waals surface area (Å²) in [4.78, 5) is 18.7. The minimum Gasteiger partial charge on any atom is -0.334 e. The van der Waals surface area contributed by atoms with E-state index in [0.717, 1.165) is 16.1 Å². The van der Waals surface area contributed by atoms with Gasteiger partial charge >= 0.3 is 0 Å². The number of carbonyl (C=O) groups excluding carboxylic acids is 1. The standard InChI is InChI=1S/C17H20N2OS/c1-5-19(10-12(2)3)17(20)15-11-21-16(18-15)14-8-6-13(4)7-9-14/h6-9,11H,2,5,10H2,1,3-4H3. The number of aromatic nitrogens is 1. The third kappa shape index (κ3) is 3.79. The Kier molecular flexibility index (Phi) is 4.91. The Labute approximate surface area is 129 Å². The van der Waals surface area contributed by atoms with Gasteiger partial charge in [-0.1, -0.05) is 42.0 Å². The second-order valence-corrected chi connectivity index (χ2v) is 6.04. The molecule has 2 rings (SSSR count). The first-order valence-corrected chi connectivity index (χ1v) is 7.85. The van der Waals surface area contributed by atoms with Crippen LogP contribution in [0.15, 0.2) is 41.8 Å². The van der Waals surface area contributed by atoms with Gasteiger partial charge in [-0.05, 0) is 20.8 Å². The summed E-state index contributed by atoms with van der Waals surface area (Å²) in [7, 11) is 0. The molecular weight excluding hydrogens is 280 g/mol. The van der Waals surface area contributed by atoms with Crippen molar-refractivity contribution in [1.29, 1.82) is 0 Å². The minimum absolute atomic E-state index is 0.0323. The molecule has 0 bridgehead atoms. The molecule has 21 heavy (non-hydrogen) atoms. The highest BCUT2D eigenvalue weighted by Gasteiger charge is 2.17. The summed E-state index contributed by atoms with van der Waals surface area (Å²) in [6, 6.07) is 8.18. The topological polar surface area (TPSA) is 33.2 Å². The van der Waals surface area contributed by atoms with Gasteiger partial charge in [0.05, 0.1) is 0 Å². The molecule has 0 radical (unpaired) electrons. The summed E-state index contributed by atoms with van der Waals surface area (Å²) in [5, 5.41) is 2.71. The highest BCUT2D eigenvalue weighted by molar-refractivity contribution is 7.13. The van der Waals surface area contributed by atoms with E-state index >= 15 is 0 Å². The van der Waals surface area contributed by atoms with Gasteiger partial charge in [0.1, 0.15) is 10.7 Å². The normalized spacial score (nSPS) is 10.4. The third-order valence-corrected chi connectivity index (χ3v) is 4.04. The molecule has 1 amide bonds. The van der Waals surface area contributed by atoms with Crippen LogP contribution in [-0.4, -0.2) is 28.9 Å². The van der Waals surface area contributed by atoms with E-state index in [0.29, 0.717) is 18.8 Å². The molecule has 0 saturated heterocycles. The number of benzene rings is 1. The molecule has 2 aromatic rings.